The number of anilines is 2. The number of nitrogen functional groups attached to an aromatic ring is 1. The van der Waals surface area contributed by atoms with Gasteiger partial charge in [-0.05, 0) is 57.2 Å². The maximum atomic E-state index is 11.9. The van der Waals surface area contributed by atoms with Crippen LogP contribution >= 0.6 is 0 Å². The number of amides is 1. The molecule has 20 heavy (non-hydrogen) atoms. The average molecular weight is 276 g/mol. The van der Waals surface area contributed by atoms with Gasteiger partial charge in [-0.15, -0.1) is 0 Å². The number of likely N-dealkylation sites (tertiary alicyclic amines) is 1. The monoisotopic (exact) mass is 276 g/mol. The molecule has 1 aromatic carbocycles. The zero-order valence-electron chi connectivity index (χ0n) is 12.1. The van der Waals surface area contributed by atoms with Crippen molar-refractivity contribution in [3.63, 3.8) is 0 Å². The molecule has 0 aliphatic carbocycles. The molecule has 1 aliphatic rings. The summed E-state index contributed by atoms with van der Waals surface area (Å²) < 4.78 is 0. The number of nitrogens with zero attached hydrogens (tertiary/aromatic N) is 2. The molecule has 0 radical (unpaired) electrons. The van der Waals surface area contributed by atoms with Crippen molar-refractivity contribution in [1.82, 2.24) is 9.80 Å². The van der Waals surface area contributed by atoms with E-state index >= 15 is 0 Å². The van der Waals surface area contributed by atoms with Crippen LogP contribution in [0, 0.1) is 0 Å². The molecule has 0 aromatic heterocycles. The Bertz CT molecular complexity index is 426. The Kier molecular flexibility index (Phi) is 5.38. The van der Waals surface area contributed by atoms with Gasteiger partial charge in [0.2, 0.25) is 5.91 Å². The summed E-state index contributed by atoms with van der Waals surface area (Å²) in [4.78, 5) is 16.4. The van der Waals surface area contributed by atoms with E-state index in [0.717, 1.165) is 18.8 Å². The van der Waals surface area contributed by atoms with Gasteiger partial charge in [-0.2, -0.15) is 0 Å². The molecule has 5 heteroatoms. The summed E-state index contributed by atoms with van der Waals surface area (Å²) in [5.74, 6) is 0.0127. The normalized spacial score (nSPS) is 15.7. The molecule has 0 spiro atoms. The van der Waals surface area contributed by atoms with E-state index < -0.39 is 0 Å². The molecule has 0 unspecified atom stereocenters. The number of carbonyl (C=O) groups excluding carboxylic acids is 1. The van der Waals surface area contributed by atoms with E-state index in [2.05, 4.69) is 15.1 Å². The molecule has 1 amide bonds. The molecule has 0 saturated carbocycles. The summed E-state index contributed by atoms with van der Waals surface area (Å²) in [7, 11) is 1.98. The van der Waals surface area contributed by atoms with Crippen LogP contribution in [0.5, 0.6) is 0 Å². The Balaban J connectivity index is 1.68. The average Bonchev–Trinajstić information content (AvgIpc) is 2.92. The first kappa shape index (κ1) is 14.8. The second-order valence-corrected chi connectivity index (χ2v) is 5.46. The first-order valence-electron chi connectivity index (χ1n) is 7.20. The van der Waals surface area contributed by atoms with Crippen LogP contribution in [0.3, 0.4) is 0 Å². The van der Waals surface area contributed by atoms with Gasteiger partial charge in [0.1, 0.15) is 0 Å². The topological polar surface area (TPSA) is 61.6 Å². The first-order chi connectivity index (χ1) is 9.63. The molecule has 1 aliphatic heterocycles. The van der Waals surface area contributed by atoms with Crippen LogP contribution in [0.25, 0.3) is 0 Å². The molecule has 0 atom stereocenters. The number of nitrogens with one attached hydrogen (secondary N) is 1. The third kappa shape index (κ3) is 4.83. The van der Waals surface area contributed by atoms with Crippen LogP contribution in [0.1, 0.15) is 12.8 Å². The molecule has 110 valence electrons. The van der Waals surface area contributed by atoms with E-state index in [0.29, 0.717) is 12.2 Å². The molecule has 2 rings (SSSR count). The summed E-state index contributed by atoms with van der Waals surface area (Å²) in [6.07, 6.45) is 2.61. The minimum absolute atomic E-state index is 0.0127. The van der Waals surface area contributed by atoms with Crippen LogP contribution in [-0.2, 0) is 4.79 Å². The van der Waals surface area contributed by atoms with Crippen LogP contribution in [0.4, 0.5) is 11.4 Å². The fraction of sp³-hybridized carbons (Fsp3) is 0.533. The smallest absolute Gasteiger partial charge is 0.238 e. The highest BCUT2D eigenvalue weighted by atomic mass is 16.2. The van der Waals surface area contributed by atoms with Crippen molar-refractivity contribution in [3.05, 3.63) is 24.3 Å². The van der Waals surface area contributed by atoms with Gasteiger partial charge in [0.15, 0.2) is 0 Å². The zero-order valence-corrected chi connectivity index (χ0v) is 12.1. The SMILES string of the molecule is CN(CCN1CCCC1)CC(=O)Nc1ccc(N)cc1. The van der Waals surface area contributed by atoms with Crippen molar-refractivity contribution in [1.29, 1.82) is 0 Å². The lowest BCUT2D eigenvalue weighted by Gasteiger charge is -2.20. The molecule has 1 aromatic rings. The molecule has 3 N–H and O–H groups in total. The van der Waals surface area contributed by atoms with Gasteiger partial charge in [-0.25, -0.2) is 0 Å². The van der Waals surface area contributed by atoms with E-state index in [1.54, 1.807) is 12.1 Å². The van der Waals surface area contributed by atoms with Crippen molar-refractivity contribution in [3.8, 4) is 0 Å². The lowest BCUT2D eigenvalue weighted by atomic mass is 10.3. The Morgan fingerprint density at radius 2 is 1.95 bits per heavy atom. The fourth-order valence-electron chi connectivity index (χ4n) is 2.41. The third-order valence-corrected chi connectivity index (χ3v) is 3.60. The zero-order chi connectivity index (χ0) is 14.4. The molecule has 0 bridgehead atoms. The van der Waals surface area contributed by atoms with Gasteiger partial charge < -0.3 is 16.0 Å². The number of hydrogen-bond acceptors (Lipinski definition) is 4. The summed E-state index contributed by atoms with van der Waals surface area (Å²) in [6.45, 7) is 4.79. The highest BCUT2D eigenvalue weighted by Gasteiger charge is 2.13. The standard InChI is InChI=1S/C15H24N4O/c1-18(10-11-19-8-2-3-9-19)12-15(20)17-14-6-4-13(16)5-7-14/h4-7H,2-3,8-12,16H2,1H3,(H,17,20). The van der Waals surface area contributed by atoms with E-state index in [9.17, 15) is 4.79 Å². The predicted octanol–water partition coefficient (Wildman–Crippen LogP) is 1.23. The summed E-state index contributed by atoms with van der Waals surface area (Å²) >= 11 is 0. The molecule has 1 saturated heterocycles. The van der Waals surface area contributed by atoms with E-state index in [4.69, 9.17) is 5.73 Å². The van der Waals surface area contributed by atoms with Gasteiger partial charge in [0.05, 0.1) is 6.54 Å². The summed E-state index contributed by atoms with van der Waals surface area (Å²) in [6, 6.07) is 7.20. The van der Waals surface area contributed by atoms with Crippen molar-refractivity contribution in [2.45, 2.75) is 12.8 Å². The van der Waals surface area contributed by atoms with Crippen molar-refractivity contribution >= 4 is 17.3 Å². The molecular formula is C15H24N4O. The van der Waals surface area contributed by atoms with Crippen LogP contribution in [0.15, 0.2) is 24.3 Å². The number of nitrogens with two attached hydrogens (primary N) is 1. The summed E-state index contributed by atoms with van der Waals surface area (Å²) in [5.41, 5.74) is 7.10. The highest BCUT2D eigenvalue weighted by molar-refractivity contribution is 5.92. The Morgan fingerprint density at radius 3 is 2.60 bits per heavy atom. The van der Waals surface area contributed by atoms with Crippen molar-refractivity contribution < 1.29 is 4.79 Å². The highest BCUT2D eigenvalue weighted by Crippen LogP contribution is 2.10. The second kappa shape index (κ2) is 7.26. The van der Waals surface area contributed by atoms with Crippen molar-refractivity contribution in [2.75, 3.05) is 50.8 Å². The van der Waals surface area contributed by atoms with Crippen LogP contribution in [0.2, 0.25) is 0 Å². The van der Waals surface area contributed by atoms with Gasteiger partial charge in [-0.3, -0.25) is 9.69 Å². The molecule has 1 heterocycles. The lowest BCUT2D eigenvalue weighted by Crippen LogP contribution is -2.36. The van der Waals surface area contributed by atoms with Gasteiger partial charge in [0, 0.05) is 24.5 Å². The minimum Gasteiger partial charge on any atom is -0.399 e. The summed E-state index contributed by atoms with van der Waals surface area (Å²) in [5, 5.41) is 2.88. The Hall–Kier alpha value is -1.59. The molecule has 5 nitrogen and oxygen atoms in total. The second-order valence-electron chi connectivity index (χ2n) is 5.46. The minimum atomic E-state index is 0.0127. The maximum Gasteiger partial charge on any atom is 0.238 e. The number of carbonyl (C=O) groups is 1. The Labute approximate surface area is 120 Å². The largest absolute Gasteiger partial charge is 0.399 e. The van der Waals surface area contributed by atoms with Gasteiger partial charge in [-0.1, -0.05) is 0 Å². The van der Waals surface area contributed by atoms with E-state index in [1.165, 1.54) is 25.9 Å². The fourth-order valence-corrected chi connectivity index (χ4v) is 2.41. The quantitative estimate of drug-likeness (QED) is 0.767. The molecular weight excluding hydrogens is 252 g/mol. The van der Waals surface area contributed by atoms with E-state index in [-0.39, 0.29) is 5.91 Å². The predicted molar refractivity (Wildman–Crippen MR) is 82.7 cm³/mol. The number of likely N-dealkylation sites (N-methyl/N-ethyl adjacent to an activating group) is 1. The van der Waals surface area contributed by atoms with Crippen molar-refractivity contribution in [2.24, 2.45) is 0 Å². The lowest BCUT2D eigenvalue weighted by molar-refractivity contribution is -0.117. The van der Waals surface area contributed by atoms with Gasteiger partial charge in [0.25, 0.3) is 0 Å². The third-order valence-electron chi connectivity index (χ3n) is 3.60. The Morgan fingerprint density at radius 1 is 1.30 bits per heavy atom. The van der Waals surface area contributed by atoms with Crippen LogP contribution < -0.4 is 11.1 Å². The van der Waals surface area contributed by atoms with Crippen LogP contribution in [-0.4, -0.2) is 55.5 Å². The number of benzene rings is 1. The number of rotatable bonds is 6. The maximum absolute atomic E-state index is 11.9. The van der Waals surface area contributed by atoms with Gasteiger partial charge >= 0.3 is 0 Å². The number of hydrogen-bond donors (Lipinski definition) is 2. The first-order valence-corrected chi connectivity index (χ1v) is 7.20. The van der Waals surface area contributed by atoms with E-state index in [1.807, 2.05) is 19.2 Å². The molecule has 1 fully saturated rings.